The monoisotopic (exact) mass is 374 g/mol. The minimum absolute atomic E-state index is 0.205. The summed E-state index contributed by atoms with van der Waals surface area (Å²) in [6.07, 6.45) is 2.50. The molecule has 1 atom stereocenters. The number of nitrogens with zero attached hydrogens (tertiary/aromatic N) is 1. The van der Waals surface area contributed by atoms with E-state index in [0.717, 1.165) is 17.3 Å². The first-order valence-electron chi connectivity index (χ1n) is 7.41. The zero-order chi connectivity index (χ0) is 16.0. The molecule has 120 valence electrons. The van der Waals surface area contributed by atoms with Crippen molar-refractivity contribution < 1.29 is 4.79 Å². The molecule has 1 unspecified atom stereocenters. The van der Waals surface area contributed by atoms with Crippen molar-refractivity contribution in [3.63, 3.8) is 0 Å². The van der Waals surface area contributed by atoms with Crippen LogP contribution in [0.2, 0.25) is 0 Å². The molecular formula is C16H27BrN2OS. The van der Waals surface area contributed by atoms with E-state index in [1.165, 1.54) is 4.88 Å². The van der Waals surface area contributed by atoms with Crippen LogP contribution in [0.5, 0.6) is 0 Å². The molecule has 0 aromatic carbocycles. The number of nitrogens with two attached hydrogens (primary N) is 1. The topological polar surface area (TPSA) is 46.3 Å². The van der Waals surface area contributed by atoms with E-state index in [0.29, 0.717) is 25.4 Å². The van der Waals surface area contributed by atoms with Gasteiger partial charge in [0.1, 0.15) is 0 Å². The molecule has 0 radical (unpaired) electrons. The van der Waals surface area contributed by atoms with E-state index in [4.69, 9.17) is 5.73 Å². The Bertz CT molecular complexity index is 453. The number of rotatable bonds is 7. The normalized spacial score (nSPS) is 13.2. The maximum Gasteiger partial charge on any atom is 0.222 e. The predicted molar refractivity (Wildman–Crippen MR) is 94.3 cm³/mol. The SMILES string of the molecule is CN(Cc1cc(Br)cs1)C(=O)CCC(CCN)C(C)(C)C. The summed E-state index contributed by atoms with van der Waals surface area (Å²) in [7, 11) is 1.88. The molecule has 5 heteroatoms. The second-order valence-electron chi connectivity index (χ2n) is 6.66. The summed E-state index contributed by atoms with van der Waals surface area (Å²) in [6, 6.07) is 2.07. The number of thiophene rings is 1. The van der Waals surface area contributed by atoms with Crippen LogP contribution in [-0.4, -0.2) is 24.4 Å². The van der Waals surface area contributed by atoms with E-state index < -0.39 is 0 Å². The van der Waals surface area contributed by atoms with Crippen LogP contribution in [0.4, 0.5) is 0 Å². The number of hydrogen-bond acceptors (Lipinski definition) is 3. The van der Waals surface area contributed by atoms with E-state index in [1.54, 1.807) is 11.3 Å². The molecule has 0 bridgehead atoms. The lowest BCUT2D eigenvalue weighted by Gasteiger charge is -2.31. The van der Waals surface area contributed by atoms with Crippen molar-refractivity contribution in [1.82, 2.24) is 4.90 Å². The summed E-state index contributed by atoms with van der Waals surface area (Å²) in [4.78, 5) is 15.3. The Balaban J connectivity index is 2.48. The quantitative estimate of drug-likeness (QED) is 0.774. The Kier molecular flexibility index (Phi) is 7.37. The summed E-state index contributed by atoms with van der Waals surface area (Å²) in [5.74, 6) is 0.710. The first-order valence-corrected chi connectivity index (χ1v) is 9.08. The van der Waals surface area contributed by atoms with Crippen molar-refractivity contribution in [2.24, 2.45) is 17.1 Å². The maximum absolute atomic E-state index is 12.3. The van der Waals surface area contributed by atoms with Crippen molar-refractivity contribution in [2.45, 2.75) is 46.6 Å². The summed E-state index contributed by atoms with van der Waals surface area (Å²) < 4.78 is 1.08. The lowest BCUT2D eigenvalue weighted by molar-refractivity contribution is -0.130. The van der Waals surface area contributed by atoms with Gasteiger partial charge in [0.15, 0.2) is 0 Å². The van der Waals surface area contributed by atoms with Gasteiger partial charge in [-0.1, -0.05) is 20.8 Å². The molecule has 1 amide bonds. The molecule has 21 heavy (non-hydrogen) atoms. The van der Waals surface area contributed by atoms with Gasteiger partial charge in [-0.15, -0.1) is 11.3 Å². The molecule has 0 fully saturated rings. The molecule has 1 aromatic heterocycles. The Labute approximate surface area is 141 Å². The zero-order valence-electron chi connectivity index (χ0n) is 13.5. The van der Waals surface area contributed by atoms with Gasteiger partial charge < -0.3 is 10.6 Å². The third-order valence-electron chi connectivity index (χ3n) is 3.89. The van der Waals surface area contributed by atoms with Crippen LogP contribution in [0.3, 0.4) is 0 Å². The fourth-order valence-electron chi connectivity index (χ4n) is 2.46. The molecule has 1 heterocycles. The second kappa shape index (κ2) is 8.30. The largest absolute Gasteiger partial charge is 0.341 e. The third-order valence-corrected chi connectivity index (χ3v) is 5.57. The second-order valence-corrected chi connectivity index (χ2v) is 8.57. The van der Waals surface area contributed by atoms with Crippen molar-refractivity contribution in [2.75, 3.05) is 13.6 Å². The lowest BCUT2D eigenvalue weighted by Crippen LogP contribution is -2.29. The highest BCUT2D eigenvalue weighted by Gasteiger charge is 2.25. The number of carbonyl (C=O) groups excluding carboxylic acids is 1. The molecule has 0 aliphatic rings. The lowest BCUT2D eigenvalue weighted by atomic mass is 9.76. The first kappa shape index (κ1) is 18.7. The van der Waals surface area contributed by atoms with Crippen molar-refractivity contribution in [3.8, 4) is 0 Å². The molecule has 0 aliphatic carbocycles. The van der Waals surface area contributed by atoms with Crippen LogP contribution in [0.25, 0.3) is 0 Å². The van der Waals surface area contributed by atoms with Crippen LogP contribution in [0, 0.1) is 11.3 Å². The highest BCUT2D eigenvalue weighted by Crippen LogP contribution is 2.32. The third kappa shape index (κ3) is 6.49. The summed E-state index contributed by atoms with van der Waals surface area (Å²) in [5.41, 5.74) is 5.90. The predicted octanol–water partition coefficient (Wildman–Crippen LogP) is 4.26. The van der Waals surface area contributed by atoms with Gasteiger partial charge in [0.2, 0.25) is 5.91 Å². The fraction of sp³-hybridized carbons (Fsp3) is 0.688. The summed E-state index contributed by atoms with van der Waals surface area (Å²) in [6.45, 7) is 8.06. The van der Waals surface area contributed by atoms with Crippen LogP contribution in [-0.2, 0) is 11.3 Å². The Hall–Kier alpha value is -0.390. The van der Waals surface area contributed by atoms with Gasteiger partial charge >= 0.3 is 0 Å². The minimum Gasteiger partial charge on any atom is -0.341 e. The Morgan fingerprint density at radius 3 is 2.57 bits per heavy atom. The van der Waals surface area contributed by atoms with E-state index in [1.807, 2.05) is 17.3 Å². The molecular weight excluding hydrogens is 348 g/mol. The molecule has 1 rings (SSSR count). The minimum atomic E-state index is 0.205. The van der Waals surface area contributed by atoms with E-state index in [9.17, 15) is 4.79 Å². The van der Waals surface area contributed by atoms with Crippen LogP contribution >= 0.6 is 27.3 Å². The number of carbonyl (C=O) groups is 1. The van der Waals surface area contributed by atoms with Crippen molar-refractivity contribution in [1.29, 1.82) is 0 Å². The van der Waals surface area contributed by atoms with Gasteiger partial charge in [-0.05, 0) is 52.7 Å². The van der Waals surface area contributed by atoms with E-state index in [2.05, 4.69) is 42.8 Å². The molecule has 0 saturated heterocycles. The van der Waals surface area contributed by atoms with Crippen molar-refractivity contribution >= 4 is 33.2 Å². The van der Waals surface area contributed by atoms with Gasteiger partial charge in [0, 0.05) is 28.2 Å². The summed E-state index contributed by atoms with van der Waals surface area (Å²) in [5, 5.41) is 2.05. The van der Waals surface area contributed by atoms with Crippen LogP contribution in [0.1, 0.15) is 44.9 Å². The van der Waals surface area contributed by atoms with E-state index in [-0.39, 0.29) is 11.3 Å². The average Bonchev–Trinajstić information content (AvgIpc) is 2.78. The van der Waals surface area contributed by atoms with Crippen molar-refractivity contribution in [3.05, 3.63) is 20.8 Å². The summed E-state index contributed by atoms with van der Waals surface area (Å²) >= 11 is 5.12. The maximum atomic E-state index is 12.3. The first-order chi connectivity index (χ1) is 9.74. The Morgan fingerprint density at radius 1 is 1.43 bits per heavy atom. The molecule has 3 nitrogen and oxygen atoms in total. The highest BCUT2D eigenvalue weighted by molar-refractivity contribution is 9.10. The Morgan fingerprint density at radius 2 is 2.10 bits per heavy atom. The highest BCUT2D eigenvalue weighted by atomic mass is 79.9. The van der Waals surface area contributed by atoms with Gasteiger partial charge in [-0.3, -0.25) is 4.79 Å². The fourth-order valence-corrected chi connectivity index (χ4v) is 3.96. The van der Waals surface area contributed by atoms with Crippen LogP contribution in [0.15, 0.2) is 15.9 Å². The van der Waals surface area contributed by atoms with Gasteiger partial charge in [0.05, 0.1) is 6.54 Å². The number of amides is 1. The average molecular weight is 375 g/mol. The van der Waals surface area contributed by atoms with Gasteiger partial charge in [-0.2, -0.15) is 0 Å². The van der Waals surface area contributed by atoms with E-state index >= 15 is 0 Å². The molecule has 0 spiro atoms. The molecule has 0 saturated carbocycles. The van der Waals surface area contributed by atoms with Crippen LogP contribution < -0.4 is 5.73 Å². The van der Waals surface area contributed by atoms with Gasteiger partial charge in [-0.25, -0.2) is 0 Å². The standard InChI is InChI=1S/C16H27BrN2OS/c1-16(2,3)12(7-8-18)5-6-15(20)19(4)10-14-9-13(17)11-21-14/h9,11-12H,5-8,10,18H2,1-4H3. The molecule has 2 N–H and O–H groups in total. The number of hydrogen-bond donors (Lipinski definition) is 1. The zero-order valence-corrected chi connectivity index (χ0v) is 15.9. The molecule has 1 aromatic rings. The van der Waals surface area contributed by atoms with Gasteiger partial charge in [0.25, 0.3) is 0 Å². The number of halogens is 1. The molecule has 0 aliphatic heterocycles. The smallest absolute Gasteiger partial charge is 0.222 e.